The molecule has 0 aliphatic carbocycles. The molecule has 0 fully saturated rings. The second kappa shape index (κ2) is 6.29. The molecule has 0 spiro atoms. The molecule has 0 unspecified atom stereocenters. The molecule has 0 aliphatic rings. The smallest absolute Gasteiger partial charge is 0.389 e. The molecule has 1 N–H and O–H groups in total. The first-order chi connectivity index (χ1) is 8.29. The number of alkyl halides is 3. The van der Waals surface area contributed by atoms with E-state index in [0.29, 0.717) is 11.3 Å². The number of aliphatic hydroxyl groups excluding tert-OH is 1. The molecule has 1 rings (SSSR count). The average molecular weight is 283 g/mol. The fourth-order valence-corrected chi connectivity index (χ4v) is 1.59. The van der Waals surface area contributed by atoms with Crippen LogP contribution in [0.5, 0.6) is 5.75 Å². The van der Waals surface area contributed by atoms with Gasteiger partial charge < -0.3 is 9.84 Å². The molecule has 1 atom stereocenters. The lowest BCUT2D eigenvalue weighted by molar-refractivity contribution is -0.136. The van der Waals surface area contributed by atoms with Crippen molar-refractivity contribution in [1.29, 1.82) is 0 Å². The third-order valence-corrected chi connectivity index (χ3v) is 2.60. The Morgan fingerprint density at radius 3 is 2.56 bits per heavy atom. The molecule has 0 heterocycles. The number of rotatable bonds is 5. The van der Waals surface area contributed by atoms with Gasteiger partial charge in [0, 0.05) is 6.42 Å². The monoisotopic (exact) mass is 282 g/mol. The number of hydrogen-bond donors (Lipinski definition) is 1. The molecule has 0 saturated heterocycles. The minimum atomic E-state index is -4.16. The molecule has 0 aliphatic heterocycles. The van der Waals surface area contributed by atoms with Crippen LogP contribution in [0, 0.1) is 0 Å². The van der Waals surface area contributed by atoms with Gasteiger partial charge in [-0.2, -0.15) is 13.2 Å². The van der Waals surface area contributed by atoms with Crippen LogP contribution in [0.25, 0.3) is 0 Å². The van der Waals surface area contributed by atoms with Gasteiger partial charge in [0.15, 0.2) is 0 Å². The number of aliphatic hydroxyl groups is 1. The molecular weight excluding hydrogens is 269 g/mol. The summed E-state index contributed by atoms with van der Waals surface area (Å²) in [6.07, 6.45) is -5.81. The Bertz CT molecular complexity index is 391. The first kappa shape index (κ1) is 15.1. The lowest BCUT2D eigenvalue weighted by atomic mass is 10.1. The molecule has 1 aromatic rings. The Balaban J connectivity index is 2.48. The van der Waals surface area contributed by atoms with Crippen molar-refractivity contribution in [2.24, 2.45) is 0 Å². The van der Waals surface area contributed by atoms with Crippen molar-refractivity contribution in [3.63, 3.8) is 0 Å². The van der Waals surface area contributed by atoms with Gasteiger partial charge >= 0.3 is 6.18 Å². The van der Waals surface area contributed by atoms with E-state index < -0.39 is 18.7 Å². The Morgan fingerprint density at radius 1 is 1.39 bits per heavy atom. The van der Waals surface area contributed by atoms with E-state index in [1.807, 2.05) is 0 Å². The van der Waals surface area contributed by atoms with E-state index in [0.717, 1.165) is 0 Å². The highest BCUT2D eigenvalue weighted by Gasteiger charge is 2.26. The average Bonchev–Trinajstić information content (AvgIpc) is 2.24. The molecule has 2 nitrogen and oxygen atoms in total. The van der Waals surface area contributed by atoms with Gasteiger partial charge in [0.25, 0.3) is 0 Å². The summed E-state index contributed by atoms with van der Waals surface area (Å²) in [5.41, 5.74) is 0.627. The molecule has 0 saturated carbocycles. The molecule has 0 bridgehead atoms. The van der Waals surface area contributed by atoms with E-state index in [2.05, 4.69) is 0 Å². The lowest BCUT2D eigenvalue weighted by Crippen LogP contribution is -2.09. The molecule has 0 amide bonds. The van der Waals surface area contributed by atoms with Crippen LogP contribution in [0.15, 0.2) is 18.2 Å². The first-order valence-electron chi connectivity index (χ1n) is 5.46. The maximum Gasteiger partial charge on any atom is 0.389 e. The fraction of sp³-hybridized carbons (Fsp3) is 0.500. The predicted octanol–water partition coefficient (Wildman–Crippen LogP) is 4.11. The highest BCUT2D eigenvalue weighted by molar-refractivity contribution is 6.32. The van der Waals surface area contributed by atoms with E-state index in [1.54, 1.807) is 13.0 Å². The fourth-order valence-electron chi connectivity index (χ4n) is 1.35. The Morgan fingerprint density at radius 2 is 2.06 bits per heavy atom. The van der Waals surface area contributed by atoms with Gasteiger partial charge in [-0.1, -0.05) is 17.7 Å². The predicted molar refractivity (Wildman–Crippen MR) is 62.9 cm³/mol. The Labute approximate surface area is 108 Å². The van der Waals surface area contributed by atoms with Gasteiger partial charge in [-0.15, -0.1) is 0 Å². The third kappa shape index (κ3) is 5.14. The normalized spacial score (nSPS) is 13.4. The second-order valence-corrected chi connectivity index (χ2v) is 4.34. The topological polar surface area (TPSA) is 29.5 Å². The standard InChI is InChI=1S/C12H14ClF3O2/c1-8(17)9-3-4-11(10(13)7-9)18-6-2-5-12(14,15)16/h3-4,7-8,17H,2,5-6H2,1H3/t8-/m1/s1. The van der Waals surface area contributed by atoms with E-state index in [4.69, 9.17) is 16.3 Å². The van der Waals surface area contributed by atoms with Crippen LogP contribution >= 0.6 is 11.6 Å². The van der Waals surface area contributed by atoms with Crippen molar-refractivity contribution in [1.82, 2.24) is 0 Å². The van der Waals surface area contributed by atoms with E-state index >= 15 is 0 Å². The van der Waals surface area contributed by atoms with Crippen LogP contribution in [-0.2, 0) is 0 Å². The highest BCUT2D eigenvalue weighted by Crippen LogP contribution is 2.28. The van der Waals surface area contributed by atoms with E-state index in [1.165, 1.54) is 12.1 Å². The minimum Gasteiger partial charge on any atom is -0.492 e. The van der Waals surface area contributed by atoms with Crippen molar-refractivity contribution < 1.29 is 23.0 Å². The molecular formula is C12H14ClF3O2. The number of benzene rings is 1. The number of hydrogen-bond acceptors (Lipinski definition) is 2. The van der Waals surface area contributed by atoms with Crippen LogP contribution in [0.1, 0.15) is 31.4 Å². The molecule has 102 valence electrons. The summed E-state index contributed by atoms with van der Waals surface area (Å²) in [5.74, 6) is 0.322. The third-order valence-electron chi connectivity index (χ3n) is 2.30. The summed E-state index contributed by atoms with van der Waals surface area (Å²) in [4.78, 5) is 0. The summed E-state index contributed by atoms with van der Waals surface area (Å²) in [6.45, 7) is 1.54. The van der Waals surface area contributed by atoms with Gasteiger partial charge in [0.1, 0.15) is 5.75 Å². The van der Waals surface area contributed by atoms with Crippen LogP contribution < -0.4 is 4.74 Å². The van der Waals surface area contributed by atoms with E-state index in [-0.39, 0.29) is 18.1 Å². The summed E-state index contributed by atoms with van der Waals surface area (Å²) >= 11 is 5.88. The van der Waals surface area contributed by atoms with Gasteiger partial charge in [-0.3, -0.25) is 0 Å². The van der Waals surface area contributed by atoms with Crippen molar-refractivity contribution in [2.45, 2.75) is 32.0 Å². The summed E-state index contributed by atoms with van der Waals surface area (Å²) < 4.78 is 40.8. The number of ether oxygens (including phenoxy) is 1. The van der Waals surface area contributed by atoms with Crippen molar-refractivity contribution in [2.75, 3.05) is 6.61 Å². The Hall–Kier alpha value is -0.940. The quantitative estimate of drug-likeness (QED) is 0.824. The van der Waals surface area contributed by atoms with Crippen molar-refractivity contribution in [3.8, 4) is 5.75 Å². The van der Waals surface area contributed by atoms with Gasteiger partial charge in [-0.05, 0) is 31.0 Å². The molecule has 0 radical (unpaired) electrons. The van der Waals surface area contributed by atoms with Crippen LogP contribution in [0.2, 0.25) is 5.02 Å². The van der Waals surface area contributed by atoms with Crippen molar-refractivity contribution >= 4 is 11.6 Å². The van der Waals surface area contributed by atoms with Crippen LogP contribution in [-0.4, -0.2) is 17.9 Å². The summed E-state index contributed by atoms with van der Waals surface area (Å²) in [5, 5.41) is 9.60. The maximum atomic E-state index is 11.9. The lowest BCUT2D eigenvalue weighted by Gasteiger charge is -2.11. The van der Waals surface area contributed by atoms with Crippen molar-refractivity contribution in [3.05, 3.63) is 28.8 Å². The SMILES string of the molecule is C[C@@H](O)c1ccc(OCCCC(F)(F)F)c(Cl)c1. The summed E-state index contributed by atoms with van der Waals surface area (Å²) in [7, 11) is 0. The van der Waals surface area contributed by atoms with Crippen LogP contribution in [0.4, 0.5) is 13.2 Å². The largest absolute Gasteiger partial charge is 0.492 e. The zero-order chi connectivity index (χ0) is 13.8. The first-order valence-corrected chi connectivity index (χ1v) is 5.84. The van der Waals surface area contributed by atoms with Gasteiger partial charge in [-0.25, -0.2) is 0 Å². The zero-order valence-corrected chi connectivity index (χ0v) is 10.6. The van der Waals surface area contributed by atoms with Crippen LogP contribution in [0.3, 0.4) is 0 Å². The van der Waals surface area contributed by atoms with Gasteiger partial charge in [0.2, 0.25) is 0 Å². The zero-order valence-electron chi connectivity index (χ0n) is 9.80. The second-order valence-electron chi connectivity index (χ2n) is 3.93. The highest BCUT2D eigenvalue weighted by atomic mass is 35.5. The molecule has 6 heteroatoms. The summed E-state index contributed by atoms with van der Waals surface area (Å²) in [6, 6.07) is 4.69. The minimum absolute atomic E-state index is 0.0484. The molecule has 18 heavy (non-hydrogen) atoms. The molecule has 0 aromatic heterocycles. The van der Waals surface area contributed by atoms with Gasteiger partial charge in [0.05, 0.1) is 17.7 Å². The maximum absolute atomic E-state index is 11.9. The number of halogens is 4. The van der Waals surface area contributed by atoms with E-state index in [9.17, 15) is 18.3 Å². The molecule has 1 aromatic carbocycles. The Kier molecular flexibility index (Phi) is 5.28.